The topological polar surface area (TPSA) is 80.5 Å². The zero-order valence-electron chi connectivity index (χ0n) is 11.0. The van der Waals surface area contributed by atoms with Crippen molar-refractivity contribution < 1.29 is 13.2 Å². The lowest BCUT2D eigenvalue weighted by Gasteiger charge is -2.16. The molecule has 2 rings (SSSR count). The summed E-state index contributed by atoms with van der Waals surface area (Å²) in [4.78, 5) is 14.4. The van der Waals surface area contributed by atoms with Crippen LogP contribution in [-0.2, 0) is 21.2 Å². The van der Waals surface area contributed by atoms with E-state index in [1.54, 1.807) is 18.0 Å². The minimum Gasteiger partial charge on any atom is -0.345 e. The van der Waals surface area contributed by atoms with Crippen molar-refractivity contribution in [3.05, 3.63) is 17.0 Å². The number of sulfonamides is 1. The molecule has 0 aliphatic heterocycles. The lowest BCUT2D eigenvalue weighted by Crippen LogP contribution is -2.30. The molecular formula is C12H18N2O3S2. The molecule has 2 atom stereocenters. The number of rotatable bonds is 5. The van der Waals surface area contributed by atoms with E-state index in [0.717, 1.165) is 22.8 Å². The zero-order valence-corrected chi connectivity index (χ0v) is 12.6. The molecule has 5 nitrogen and oxygen atoms in total. The highest BCUT2D eigenvalue weighted by atomic mass is 32.2. The highest BCUT2D eigenvalue weighted by Crippen LogP contribution is 2.38. The molecule has 0 bridgehead atoms. The summed E-state index contributed by atoms with van der Waals surface area (Å²) in [7, 11) is -1.87. The minimum atomic E-state index is -3.66. The van der Waals surface area contributed by atoms with Crippen LogP contribution in [0.25, 0.3) is 0 Å². The summed E-state index contributed by atoms with van der Waals surface area (Å²) in [6.45, 7) is 2.97. The van der Waals surface area contributed by atoms with Gasteiger partial charge in [-0.05, 0) is 30.4 Å². The standard InChI is InChI=1S/C12H18N2O3S2/c1-8-5-9(8)7-14(2)11(15)6-10-3-4-12(18-10)19(13,16)17/h3-4,8-9H,5-7H2,1-2H3,(H2,13,16,17). The van der Waals surface area contributed by atoms with Gasteiger partial charge in [-0.3, -0.25) is 4.79 Å². The molecule has 106 valence electrons. The van der Waals surface area contributed by atoms with Crippen LogP contribution in [0, 0.1) is 11.8 Å². The first-order valence-corrected chi connectivity index (χ1v) is 8.49. The van der Waals surface area contributed by atoms with E-state index in [9.17, 15) is 13.2 Å². The Balaban J connectivity index is 1.93. The summed E-state index contributed by atoms with van der Waals surface area (Å²) in [5.41, 5.74) is 0. The number of carbonyl (C=O) groups is 1. The molecule has 1 aliphatic carbocycles. The van der Waals surface area contributed by atoms with Gasteiger partial charge in [-0.15, -0.1) is 11.3 Å². The van der Waals surface area contributed by atoms with Crippen molar-refractivity contribution in [1.82, 2.24) is 4.90 Å². The number of thiophene rings is 1. The Labute approximate surface area is 117 Å². The van der Waals surface area contributed by atoms with E-state index in [4.69, 9.17) is 5.14 Å². The SMILES string of the molecule is CC1CC1CN(C)C(=O)Cc1ccc(S(N)(=O)=O)s1. The van der Waals surface area contributed by atoms with Gasteiger partial charge in [0.15, 0.2) is 0 Å². The number of hydrogen-bond acceptors (Lipinski definition) is 4. The van der Waals surface area contributed by atoms with Gasteiger partial charge in [0.1, 0.15) is 4.21 Å². The van der Waals surface area contributed by atoms with Crippen LogP contribution >= 0.6 is 11.3 Å². The van der Waals surface area contributed by atoms with Gasteiger partial charge in [0.25, 0.3) is 0 Å². The largest absolute Gasteiger partial charge is 0.345 e. The van der Waals surface area contributed by atoms with Crippen LogP contribution in [0.15, 0.2) is 16.3 Å². The highest BCUT2D eigenvalue weighted by Gasteiger charge is 2.34. The van der Waals surface area contributed by atoms with Gasteiger partial charge in [0, 0.05) is 18.5 Å². The molecule has 1 saturated carbocycles. The van der Waals surface area contributed by atoms with Crippen molar-refractivity contribution in [3.8, 4) is 0 Å². The average Bonchev–Trinajstić information content (AvgIpc) is 2.78. The Hall–Kier alpha value is -0.920. The molecule has 1 amide bonds. The van der Waals surface area contributed by atoms with Crippen molar-refractivity contribution in [2.75, 3.05) is 13.6 Å². The van der Waals surface area contributed by atoms with Crippen molar-refractivity contribution in [2.45, 2.75) is 24.0 Å². The fraction of sp³-hybridized carbons (Fsp3) is 0.583. The summed E-state index contributed by atoms with van der Waals surface area (Å²) in [6, 6.07) is 3.10. The minimum absolute atomic E-state index is 0.0157. The van der Waals surface area contributed by atoms with Crippen LogP contribution in [0.2, 0.25) is 0 Å². The molecule has 0 saturated heterocycles. The number of amides is 1. The van der Waals surface area contributed by atoms with Crippen LogP contribution in [0.1, 0.15) is 18.2 Å². The summed E-state index contributed by atoms with van der Waals surface area (Å²) < 4.78 is 22.4. The second-order valence-electron chi connectivity index (χ2n) is 5.19. The van der Waals surface area contributed by atoms with Gasteiger partial charge in [0.05, 0.1) is 6.42 Å². The lowest BCUT2D eigenvalue weighted by molar-refractivity contribution is -0.129. The molecule has 1 fully saturated rings. The predicted octanol–water partition coefficient (Wildman–Crippen LogP) is 1.05. The Bertz CT molecular complexity index is 580. The molecule has 1 aliphatic rings. The molecular weight excluding hydrogens is 284 g/mol. The van der Waals surface area contributed by atoms with Crippen molar-refractivity contribution in [2.24, 2.45) is 17.0 Å². The van der Waals surface area contributed by atoms with E-state index in [0.29, 0.717) is 11.8 Å². The molecule has 7 heteroatoms. The summed E-state index contributed by atoms with van der Waals surface area (Å²) >= 11 is 1.06. The first-order valence-electron chi connectivity index (χ1n) is 6.13. The number of primary sulfonamides is 1. The molecule has 19 heavy (non-hydrogen) atoms. The maximum absolute atomic E-state index is 12.0. The zero-order chi connectivity index (χ0) is 14.2. The fourth-order valence-corrected chi connectivity index (χ4v) is 3.77. The number of likely N-dealkylation sites (N-methyl/N-ethyl adjacent to an activating group) is 1. The second kappa shape index (κ2) is 5.22. The molecule has 1 aromatic heterocycles. The number of nitrogens with zero attached hydrogens (tertiary/aromatic N) is 1. The third-order valence-electron chi connectivity index (χ3n) is 3.45. The van der Waals surface area contributed by atoms with E-state index in [-0.39, 0.29) is 16.5 Å². The van der Waals surface area contributed by atoms with Crippen LogP contribution in [0.3, 0.4) is 0 Å². The van der Waals surface area contributed by atoms with E-state index in [2.05, 4.69) is 6.92 Å². The van der Waals surface area contributed by atoms with Crippen LogP contribution in [0.5, 0.6) is 0 Å². The van der Waals surface area contributed by atoms with Gasteiger partial charge in [-0.2, -0.15) is 0 Å². The van der Waals surface area contributed by atoms with E-state index in [1.165, 1.54) is 12.5 Å². The fourth-order valence-electron chi connectivity index (χ4n) is 2.00. The summed E-state index contributed by atoms with van der Waals surface area (Å²) in [5.74, 6) is 1.35. The average molecular weight is 302 g/mol. The number of nitrogens with two attached hydrogens (primary N) is 1. The van der Waals surface area contributed by atoms with Gasteiger partial charge in [-0.1, -0.05) is 6.92 Å². The Morgan fingerprint density at radius 2 is 2.16 bits per heavy atom. The normalized spacial score (nSPS) is 22.3. The molecule has 2 unspecified atom stereocenters. The van der Waals surface area contributed by atoms with Gasteiger partial charge in [0.2, 0.25) is 15.9 Å². The van der Waals surface area contributed by atoms with E-state index >= 15 is 0 Å². The lowest BCUT2D eigenvalue weighted by atomic mass is 10.3. The van der Waals surface area contributed by atoms with Crippen molar-refractivity contribution in [3.63, 3.8) is 0 Å². The van der Waals surface area contributed by atoms with E-state index < -0.39 is 10.0 Å². The summed E-state index contributed by atoms with van der Waals surface area (Å²) in [6.07, 6.45) is 1.42. The quantitative estimate of drug-likeness (QED) is 0.883. The highest BCUT2D eigenvalue weighted by molar-refractivity contribution is 7.91. The molecule has 0 aromatic carbocycles. The summed E-state index contributed by atoms with van der Waals surface area (Å²) in [5, 5.41) is 5.04. The Morgan fingerprint density at radius 3 is 2.63 bits per heavy atom. The number of carbonyl (C=O) groups excluding carboxylic acids is 1. The van der Waals surface area contributed by atoms with Crippen LogP contribution in [0.4, 0.5) is 0 Å². The monoisotopic (exact) mass is 302 g/mol. The maximum Gasteiger partial charge on any atom is 0.247 e. The third-order valence-corrected chi connectivity index (χ3v) is 5.98. The van der Waals surface area contributed by atoms with Crippen LogP contribution in [-0.4, -0.2) is 32.8 Å². The van der Waals surface area contributed by atoms with Crippen molar-refractivity contribution in [1.29, 1.82) is 0 Å². The second-order valence-corrected chi connectivity index (χ2v) is 8.15. The Kier molecular flexibility index (Phi) is 3.98. The maximum atomic E-state index is 12.0. The third kappa shape index (κ3) is 3.77. The first-order chi connectivity index (χ1) is 8.77. The molecule has 0 spiro atoms. The first kappa shape index (κ1) is 14.5. The van der Waals surface area contributed by atoms with Crippen LogP contribution < -0.4 is 5.14 Å². The molecule has 0 radical (unpaired) electrons. The molecule has 1 aromatic rings. The number of hydrogen-bond donors (Lipinski definition) is 1. The van der Waals surface area contributed by atoms with Gasteiger partial charge >= 0.3 is 0 Å². The van der Waals surface area contributed by atoms with Gasteiger partial charge in [-0.25, -0.2) is 13.6 Å². The molecule has 2 N–H and O–H groups in total. The Morgan fingerprint density at radius 1 is 1.53 bits per heavy atom. The smallest absolute Gasteiger partial charge is 0.247 e. The van der Waals surface area contributed by atoms with Crippen molar-refractivity contribution >= 4 is 27.3 Å². The predicted molar refractivity (Wildman–Crippen MR) is 74.3 cm³/mol. The van der Waals surface area contributed by atoms with E-state index in [1.807, 2.05) is 0 Å². The molecule has 1 heterocycles. The van der Waals surface area contributed by atoms with Gasteiger partial charge < -0.3 is 4.90 Å².